The molecule has 0 bridgehead atoms. The number of anilines is 1. The molecule has 2 aromatic carbocycles. The smallest absolute Gasteiger partial charge is 0.259 e. The third-order valence-electron chi connectivity index (χ3n) is 4.70. The minimum atomic E-state index is -0.143. The predicted octanol–water partition coefficient (Wildman–Crippen LogP) is 5.08. The molecule has 0 unspecified atom stereocenters. The molecule has 0 fully saturated rings. The number of carbonyl (C=O) groups is 1. The molecule has 6 heteroatoms. The van der Waals surface area contributed by atoms with E-state index in [9.17, 15) is 4.79 Å². The molecule has 2 heterocycles. The van der Waals surface area contributed by atoms with Gasteiger partial charge in [0.25, 0.3) is 5.91 Å². The maximum Gasteiger partial charge on any atom is 0.259 e. The van der Waals surface area contributed by atoms with Crippen molar-refractivity contribution in [3.05, 3.63) is 76.9 Å². The quantitative estimate of drug-likeness (QED) is 0.530. The number of nitrogens with zero attached hydrogens (tertiary/aromatic N) is 3. The van der Waals surface area contributed by atoms with Crippen LogP contribution in [-0.4, -0.2) is 20.7 Å². The third-order valence-corrected chi connectivity index (χ3v) is 5.59. The van der Waals surface area contributed by atoms with Crippen LogP contribution in [0.15, 0.2) is 60.0 Å². The van der Waals surface area contributed by atoms with Crippen molar-refractivity contribution in [3.8, 4) is 21.8 Å². The summed E-state index contributed by atoms with van der Waals surface area (Å²) in [5, 5.41) is 10.3. The van der Waals surface area contributed by atoms with E-state index in [-0.39, 0.29) is 5.91 Å². The summed E-state index contributed by atoms with van der Waals surface area (Å²) in [5.41, 5.74) is 6.01. The first-order chi connectivity index (χ1) is 13.5. The molecule has 0 saturated carbocycles. The molecule has 2 aromatic heterocycles. The molecule has 0 saturated heterocycles. The van der Waals surface area contributed by atoms with Crippen LogP contribution in [0.5, 0.6) is 0 Å². The van der Waals surface area contributed by atoms with Crippen LogP contribution in [0.2, 0.25) is 0 Å². The van der Waals surface area contributed by atoms with E-state index in [0.29, 0.717) is 5.56 Å². The molecule has 4 aromatic rings. The van der Waals surface area contributed by atoms with Gasteiger partial charge in [0, 0.05) is 34.9 Å². The van der Waals surface area contributed by atoms with Gasteiger partial charge in [-0.2, -0.15) is 5.10 Å². The molecule has 0 radical (unpaired) electrons. The normalized spacial score (nSPS) is 10.8. The Balaban J connectivity index is 1.52. The number of thiazole rings is 1. The zero-order valence-electron chi connectivity index (χ0n) is 15.9. The fourth-order valence-electron chi connectivity index (χ4n) is 3.14. The number of aryl methyl sites for hydroxylation is 2. The monoisotopic (exact) mass is 388 g/mol. The topological polar surface area (TPSA) is 59.8 Å². The molecule has 0 aliphatic rings. The van der Waals surface area contributed by atoms with Crippen molar-refractivity contribution < 1.29 is 4.79 Å². The number of benzene rings is 2. The van der Waals surface area contributed by atoms with E-state index in [4.69, 9.17) is 4.98 Å². The summed E-state index contributed by atoms with van der Waals surface area (Å²) in [6, 6.07) is 17.9. The van der Waals surface area contributed by atoms with Crippen LogP contribution in [-0.2, 0) is 7.05 Å². The number of amides is 1. The number of nitrogens with one attached hydrogen (secondary N) is 1. The molecule has 0 spiro atoms. The second kappa shape index (κ2) is 7.40. The van der Waals surface area contributed by atoms with Crippen LogP contribution in [0.1, 0.15) is 21.7 Å². The van der Waals surface area contributed by atoms with Gasteiger partial charge in [0.15, 0.2) is 0 Å². The molecule has 1 amide bonds. The van der Waals surface area contributed by atoms with Crippen LogP contribution in [0, 0.1) is 13.8 Å². The van der Waals surface area contributed by atoms with Gasteiger partial charge in [-0.05, 0) is 26.0 Å². The van der Waals surface area contributed by atoms with Gasteiger partial charge in [-0.25, -0.2) is 4.98 Å². The highest BCUT2D eigenvalue weighted by molar-refractivity contribution is 7.13. The maximum atomic E-state index is 12.6. The molecular weight excluding hydrogens is 368 g/mol. The summed E-state index contributed by atoms with van der Waals surface area (Å²) in [6.45, 7) is 3.74. The summed E-state index contributed by atoms with van der Waals surface area (Å²) in [5.74, 6) is -0.143. The number of rotatable bonds is 4. The van der Waals surface area contributed by atoms with Gasteiger partial charge < -0.3 is 5.32 Å². The van der Waals surface area contributed by atoms with Crippen LogP contribution < -0.4 is 5.32 Å². The van der Waals surface area contributed by atoms with E-state index < -0.39 is 0 Å². The predicted molar refractivity (Wildman–Crippen MR) is 114 cm³/mol. The van der Waals surface area contributed by atoms with Gasteiger partial charge in [-0.3, -0.25) is 9.48 Å². The molecule has 28 heavy (non-hydrogen) atoms. The van der Waals surface area contributed by atoms with Crippen LogP contribution >= 0.6 is 11.3 Å². The van der Waals surface area contributed by atoms with Crippen LogP contribution in [0.4, 0.5) is 5.69 Å². The van der Waals surface area contributed by atoms with Gasteiger partial charge in [0.2, 0.25) is 0 Å². The zero-order chi connectivity index (χ0) is 19.7. The molecule has 140 valence electrons. The summed E-state index contributed by atoms with van der Waals surface area (Å²) < 4.78 is 1.72. The highest BCUT2D eigenvalue weighted by Crippen LogP contribution is 2.29. The summed E-state index contributed by atoms with van der Waals surface area (Å²) in [4.78, 5) is 17.3. The van der Waals surface area contributed by atoms with Gasteiger partial charge in [-0.1, -0.05) is 42.5 Å². The number of hydrogen-bond donors (Lipinski definition) is 1. The lowest BCUT2D eigenvalue weighted by molar-refractivity contribution is 0.102. The van der Waals surface area contributed by atoms with Gasteiger partial charge in [0.1, 0.15) is 5.01 Å². The Morgan fingerprint density at radius 3 is 2.36 bits per heavy atom. The largest absolute Gasteiger partial charge is 0.322 e. The van der Waals surface area contributed by atoms with Crippen molar-refractivity contribution in [3.63, 3.8) is 0 Å². The first kappa shape index (κ1) is 18.1. The van der Waals surface area contributed by atoms with Crippen molar-refractivity contribution in [2.75, 3.05) is 5.32 Å². The lowest BCUT2D eigenvalue weighted by Crippen LogP contribution is -2.14. The molecule has 5 nitrogen and oxygen atoms in total. The number of carbonyl (C=O) groups excluding carboxylic acids is 1. The van der Waals surface area contributed by atoms with E-state index in [1.807, 2.05) is 63.4 Å². The Hall–Kier alpha value is -3.25. The average molecular weight is 388 g/mol. The Morgan fingerprint density at radius 2 is 1.71 bits per heavy atom. The van der Waals surface area contributed by atoms with E-state index >= 15 is 0 Å². The lowest BCUT2D eigenvalue weighted by Gasteiger charge is -2.06. The summed E-state index contributed by atoms with van der Waals surface area (Å²) in [7, 11) is 1.84. The highest BCUT2D eigenvalue weighted by Gasteiger charge is 2.17. The first-order valence-electron chi connectivity index (χ1n) is 8.96. The van der Waals surface area contributed by atoms with Gasteiger partial charge in [0.05, 0.1) is 17.0 Å². The van der Waals surface area contributed by atoms with Crippen molar-refractivity contribution in [1.29, 1.82) is 0 Å². The van der Waals surface area contributed by atoms with E-state index in [1.54, 1.807) is 16.0 Å². The minimum absolute atomic E-state index is 0.143. The van der Waals surface area contributed by atoms with E-state index in [1.165, 1.54) is 0 Å². The standard InChI is InChI=1S/C22H20N4OS/c1-14-20(15(2)26(3)25-14)21(27)23-18-11-9-16(10-12-18)19-13-28-22(24-19)17-7-5-4-6-8-17/h4-13H,1-3H3,(H,23,27). The molecular formula is C22H20N4OS. The van der Waals surface area contributed by atoms with Crippen molar-refractivity contribution >= 4 is 22.9 Å². The average Bonchev–Trinajstić information content (AvgIpc) is 3.28. The first-order valence-corrected chi connectivity index (χ1v) is 9.84. The Labute approximate surface area is 167 Å². The molecule has 4 rings (SSSR count). The summed E-state index contributed by atoms with van der Waals surface area (Å²) in [6.07, 6.45) is 0. The second-order valence-corrected chi connectivity index (χ2v) is 7.46. The Kier molecular flexibility index (Phi) is 4.79. The third kappa shape index (κ3) is 3.46. The fourth-order valence-corrected chi connectivity index (χ4v) is 3.98. The highest BCUT2D eigenvalue weighted by atomic mass is 32.1. The second-order valence-electron chi connectivity index (χ2n) is 6.60. The van der Waals surface area contributed by atoms with Crippen molar-refractivity contribution in [2.24, 2.45) is 7.05 Å². The maximum absolute atomic E-state index is 12.6. The zero-order valence-corrected chi connectivity index (χ0v) is 16.7. The molecule has 0 aliphatic heterocycles. The Bertz CT molecular complexity index is 1130. The number of hydrogen-bond acceptors (Lipinski definition) is 4. The SMILES string of the molecule is Cc1nn(C)c(C)c1C(=O)Nc1ccc(-c2csc(-c3ccccc3)n2)cc1. The van der Waals surface area contributed by atoms with E-state index in [0.717, 1.165) is 38.9 Å². The van der Waals surface area contributed by atoms with Crippen LogP contribution in [0.25, 0.3) is 21.8 Å². The number of aromatic nitrogens is 3. The summed E-state index contributed by atoms with van der Waals surface area (Å²) >= 11 is 1.63. The molecule has 1 N–H and O–H groups in total. The van der Waals surface area contributed by atoms with E-state index in [2.05, 4.69) is 27.9 Å². The van der Waals surface area contributed by atoms with Crippen molar-refractivity contribution in [1.82, 2.24) is 14.8 Å². The van der Waals surface area contributed by atoms with Gasteiger partial charge >= 0.3 is 0 Å². The minimum Gasteiger partial charge on any atom is -0.322 e. The van der Waals surface area contributed by atoms with Crippen LogP contribution in [0.3, 0.4) is 0 Å². The van der Waals surface area contributed by atoms with Crippen molar-refractivity contribution in [2.45, 2.75) is 13.8 Å². The lowest BCUT2D eigenvalue weighted by atomic mass is 10.1. The van der Waals surface area contributed by atoms with Gasteiger partial charge in [-0.15, -0.1) is 11.3 Å². The molecule has 0 aliphatic carbocycles. The fraction of sp³-hybridized carbons (Fsp3) is 0.136. The Morgan fingerprint density at radius 1 is 1.00 bits per heavy atom. The molecule has 0 atom stereocenters.